The molecule has 11 heavy (non-hydrogen) atoms. The van der Waals surface area contributed by atoms with Gasteiger partial charge in [0.2, 0.25) is 5.91 Å². The molecule has 4 heteroatoms. The van der Waals surface area contributed by atoms with Gasteiger partial charge in [-0.05, 0) is 12.7 Å². The van der Waals surface area contributed by atoms with Crippen molar-refractivity contribution in [2.75, 3.05) is 12.0 Å². The van der Waals surface area contributed by atoms with Crippen molar-refractivity contribution in [1.29, 1.82) is 5.26 Å². The summed E-state index contributed by atoms with van der Waals surface area (Å²) in [6.07, 6.45) is 2.52. The highest BCUT2D eigenvalue weighted by atomic mass is 32.2. The molecule has 1 N–H and O–H groups in total. The maximum atomic E-state index is 10.9. The summed E-state index contributed by atoms with van der Waals surface area (Å²) < 4.78 is 0. The largest absolute Gasteiger partial charge is 0.340 e. The lowest BCUT2D eigenvalue weighted by molar-refractivity contribution is -0.118. The van der Waals surface area contributed by atoms with E-state index in [9.17, 15) is 4.79 Å². The van der Waals surface area contributed by atoms with Crippen LogP contribution in [0.1, 0.15) is 13.3 Å². The van der Waals surface area contributed by atoms with Crippen molar-refractivity contribution in [3.63, 3.8) is 0 Å². The van der Waals surface area contributed by atoms with Crippen LogP contribution in [-0.4, -0.2) is 24.0 Å². The molecule has 0 radical (unpaired) electrons. The topological polar surface area (TPSA) is 52.9 Å². The van der Waals surface area contributed by atoms with Crippen LogP contribution in [0.15, 0.2) is 0 Å². The third-order valence-corrected chi connectivity index (χ3v) is 1.73. The Hall–Kier alpha value is -0.690. The zero-order valence-electron chi connectivity index (χ0n) is 6.76. The van der Waals surface area contributed by atoms with E-state index in [-0.39, 0.29) is 11.9 Å². The molecule has 0 aromatic heterocycles. The highest BCUT2D eigenvalue weighted by Gasteiger charge is 2.06. The van der Waals surface area contributed by atoms with Gasteiger partial charge in [-0.25, -0.2) is 0 Å². The molecule has 0 heterocycles. The summed E-state index contributed by atoms with van der Waals surface area (Å²) in [4.78, 5) is 10.9. The van der Waals surface area contributed by atoms with E-state index in [1.165, 1.54) is 11.8 Å². The van der Waals surface area contributed by atoms with Gasteiger partial charge in [0, 0.05) is 0 Å². The quantitative estimate of drug-likeness (QED) is 0.681. The average Bonchev–Trinajstić information content (AvgIpc) is 2.01. The molecule has 0 aromatic rings. The number of nitriles is 1. The number of nitrogens with one attached hydrogen (secondary N) is 1. The van der Waals surface area contributed by atoms with Gasteiger partial charge in [-0.1, -0.05) is 6.92 Å². The molecule has 0 unspecified atom stereocenters. The molecule has 0 aliphatic rings. The lowest BCUT2D eigenvalue weighted by Gasteiger charge is -2.07. The summed E-state index contributed by atoms with van der Waals surface area (Å²) in [5.41, 5.74) is 0. The van der Waals surface area contributed by atoms with Gasteiger partial charge in [-0.15, -0.1) is 0 Å². The molecule has 0 rings (SSSR count). The molecular weight excluding hydrogens is 160 g/mol. The van der Waals surface area contributed by atoms with E-state index in [0.717, 1.165) is 0 Å². The molecule has 0 fully saturated rings. The highest BCUT2D eigenvalue weighted by molar-refractivity contribution is 7.99. The van der Waals surface area contributed by atoms with Crippen molar-refractivity contribution in [1.82, 2.24) is 5.32 Å². The zero-order chi connectivity index (χ0) is 8.69. The maximum Gasteiger partial charge on any atom is 0.231 e. The molecule has 0 aliphatic carbocycles. The summed E-state index contributed by atoms with van der Waals surface area (Å²) in [6.45, 7) is 1.87. The van der Waals surface area contributed by atoms with Crippen LogP contribution in [0.25, 0.3) is 0 Å². The Bertz CT molecular complexity index is 164. The number of carbonyl (C=O) groups excluding carboxylic acids is 1. The molecule has 0 aromatic carbocycles. The third kappa shape index (κ3) is 4.68. The van der Waals surface area contributed by atoms with Crippen molar-refractivity contribution in [3.05, 3.63) is 0 Å². The van der Waals surface area contributed by atoms with Crippen LogP contribution in [0.4, 0.5) is 0 Å². The maximum absolute atomic E-state index is 10.9. The second-order valence-electron chi connectivity index (χ2n) is 2.09. The van der Waals surface area contributed by atoms with E-state index in [4.69, 9.17) is 5.26 Å². The Morgan fingerprint density at radius 1 is 1.82 bits per heavy atom. The van der Waals surface area contributed by atoms with Gasteiger partial charge in [-0.2, -0.15) is 17.0 Å². The van der Waals surface area contributed by atoms with E-state index in [1.54, 1.807) is 0 Å². The molecule has 0 spiro atoms. The normalized spacial score (nSPS) is 11.7. The van der Waals surface area contributed by atoms with Gasteiger partial charge in [0.1, 0.15) is 6.04 Å². The first kappa shape index (κ1) is 10.3. The van der Waals surface area contributed by atoms with Gasteiger partial charge in [-0.3, -0.25) is 4.79 Å². The number of thioether (sulfide) groups is 1. The van der Waals surface area contributed by atoms with E-state index >= 15 is 0 Å². The van der Waals surface area contributed by atoms with Crippen LogP contribution in [0, 0.1) is 11.3 Å². The van der Waals surface area contributed by atoms with Crippen LogP contribution >= 0.6 is 11.8 Å². The minimum atomic E-state index is -0.324. The third-order valence-electron chi connectivity index (χ3n) is 1.17. The Morgan fingerprint density at radius 3 is 2.82 bits per heavy atom. The van der Waals surface area contributed by atoms with Crippen molar-refractivity contribution >= 4 is 17.7 Å². The fourth-order valence-electron chi connectivity index (χ4n) is 0.593. The fourth-order valence-corrected chi connectivity index (χ4v) is 0.938. The molecule has 1 amide bonds. The van der Waals surface area contributed by atoms with Crippen LogP contribution in [-0.2, 0) is 4.79 Å². The zero-order valence-corrected chi connectivity index (χ0v) is 7.57. The lowest BCUT2D eigenvalue weighted by atomic mass is 10.2. The molecule has 1 atom stereocenters. The SMILES string of the molecule is CC[C@H](C#N)NC(=O)CSC. The van der Waals surface area contributed by atoms with E-state index < -0.39 is 0 Å². The first-order chi connectivity index (χ1) is 5.24. The van der Waals surface area contributed by atoms with E-state index in [2.05, 4.69) is 5.32 Å². The minimum absolute atomic E-state index is 0.0640. The number of hydrogen-bond donors (Lipinski definition) is 1. The predicted molar refractivity (Wildman–Crippen MR) is 46.2 cm³/mol. The number of rotatable bonds is 4. The Labute approximate surface area is 71.2 Å². The van der Waals surface area contributed by atoms with E-state index in [0.29, 0.717) is 12.2 Å². The number of amides is 1. The van der Waals surface area contributed by atoms with Crippen LogP contribution in [0.5, 0.6) is 0 Å². The lowest BCUT2D eigenvalue weighted by Crippen LogP contribution is -2.34. The summed E-state index contributed by atoms with van der Waals surface area (Å²) >= 11 is 1.45. The van der Waals surface area contributed by atoms with Crippen molar-refractivity contribution < 1.29 is 4.79 Å². The Morgan fingerprint density at radius 2 is 2.45 bits per heavy atom. The average molecular weight is 172 g/mol. The van der Waals surface area contributed by atoms with Gasteiger partial charge in [0.15, 0.2) is 0 Å². The smallest absolute Gasteiger partial charge is 0.231 e. The summed E-state index contributed by atoms with van der Waals surface area (Å²) in [5.74, 6) is 0.365. The van der Waals surface area contributed by atoms with Crippen molar-refractivity contribution in [2.24, 2.45) is 0 Å². The molecular formula is C7H12N2OS. The molecule has 0 bridgehead atoms. The summed E-state index contributed by atoms with van der Waals surface area (Å²) in [7, 11) is 0. The van der Waals surface area contributed by atoms with Crippen LogP contribution < -0.4 is 5.32 Å². The van der Waals surface area contributed by atoms with Crippen LogP contribution in [0.2, 0.25) is 0 Å². The second-order valence-corrected chi connectivity index (χ2v) is 2.96. The molecule has 62 valence electrons. The van der Waals surface area contributed by atoms with Gasteiger partial charge < -0.3 is 5.32 Å². The highest BCUT2D eigenvalue weighted by Crippen LogP contribution is 1.92. The standard InChI is InChI=1S/C7H12N2OS/c1-3-6(4-8)9-7(10)5-11-2/h6H,3,5H2,1-2H3,(H,9,10)/t6-/m1/s1. The van der Waals surface area contributed by atoms with Gasteiger partial charge in [0.25, 0.3) is 0 Å². The van der Waals surface area contributed by atoms with Crippen molar-refractivity contribution in [3.8, 4) is 6.07 Å². The minimum Gasteiger partial charge on any atom is -0.340 e. The molecule has 0 saturated heterocycles. The second kappa shape index (κ2) is 6.05. The Kier molecular flexibility index (Phi) is 5.67. The molecule has 0 aliphatic heterocycles. The summed E-state index contributed by atoms with van der Waals surface area (Å²) in [5, 5.41) is 11.1. The molecule has 3 nitrogen and oxygen atoms in total. The van der Waals surface area contributed by atoms with Gasteiger partial charge in [0.05, 0.1) is 11.8 Å². The first-order valence-electron chi connectivity index (χ1n) is 3.42. The predicted octanol–water partition coefficient (Wildman–Crippen LogP) is 0.768. The van der Waals surface area contributed by atoms with Crippen LogP contribution in [0.3, 0.4) is 0 Å². The molecule has 0 saturated carbocycles. The first-order valence-corrected chi connectivity index (χ1v) is 4.81. The number of hydrogen-bond acceptors (Lipinski definition) is 3. The van der Waals surface area contributed by atoms with Crippen molar-refractivity contribution in [2.45, 2.75) is 19.4 Å². The number of carbonyl (C=O) groups is 1. The fraction of sp³-hybridized carbons (Fsp3) is 0.714. The Balaban J connectivity index is 3.65. The van der Waals surface area contributed by atoms with Gasteiger partial charge >= 0.3 is 0 Å². The monoisotopic (exact) mass is 172 g/mol. The summed E-state index contributed by atoms with van der Waals surface area (Å²) in [6, 6.07) is 1.68. The number of nitrogens with zero attached hydrogens (tertiary/aromatic N) is 1. The van der Waals surface area contributed by atoms with E-state index in [1.807, 2.05) is 19.2 Å².